The second-order valence-corrected chi connectivity index (χ2v) is 8.25. The van der Waals surface area contributed by atoms with Crippen molar-refractivity contribution in [3.8, 4) is 0 Å². The summed E-state index contributed by atoms with van der Waals surface area (Å²) < 4.78 is 23.6. The first kappa shape index (κ1) is 16.3. The molecule has 0 amide bonds. The molecule has 1 atom stereocenters. The molecule has 1 unspecified atom stereocenters. The van der Waals surface area contributed by atoms with Crippen molar-refractivity contribution in [2.75, 3.05) is 36.5 Å². The Morgan fingerprint density at radius 2 is 1.95 bits per heavy atom. The van der Waals surface area contributed by atoms with Crippen molar-refractivity contribution in [2.24, 2.45) is 0 Å². The van der Waals surface area contributed by atoms with Crippen LogP contribution in [0.2, 0.25) is 0 Å². The summed E-state index contributed by atoms with van der Waals surface area (Å²) in [5.74, 6) is 0.486. The Bertz CT molecular complexity index is 571. The largest absolute Gasteiger partial charge is 0.373 e. The first-order chi connectivity index (χ1) is 9.96. The van der Waals surface area contributed by atoms with Crippen LogP contribution in [-0.2, 0) is 16.4 Å². The standard InChI is InChI=1S/C16H26N2O2S/c1-4-15-13-17(3)16-9-7-6-8-14(16)12-18(15)10-11-21(19,20)5-2/h6-9,15H,4-5,10-13H2,1-3H3. The average Bonchev–Trinajstić information content (AvgIpc) is 2.62. The van der Waals surface area contributed by atoms with Crippen molar-refractivity contribution in [2.45, 2.75) is 32.9 Å². The first-order valence-corrected chi connectivity index (χ1v) is 9.52. The lowest BCUT2D eigenvalue weighted by Crippen LogP contribution is -2.42. The molecule has 1 aromatic rings. The summed E-state index contributed by atoms with van der Waals surface area (Å²) in [5.41, 5.74) is 2.54. The zero-order valence-electron chi connectivity index (χ0n) is 13.2. The van der Waals surface area contributed by atoms with Gasteiger partial charge in [-0.25, -0.2) is 8.42 Å². The molecular weight excluding hydrogens is 284 g/mol. The van der Waals surface area contributed by atoms with Crippen molar-refractivity contribution < 1.29 is 8.42 Å². The summed E-state index contributed by atoms with van der Waals surface area (Å²) in [4.78, 5) is 4.62. The zero-order chi connectivity index (χ0) is 15.5. The van der Waals surface area contributed by atoms with Gasteiger partial charge in [0.15, 0.2) is 9.84 Å². The number of anilines is 1. The first-order valence-electron chi connectivity index (χ1n) is 7.70. The molecular formula is C16H26N2O2S. The normalized spacial score (nSPS) is 20.1. The van der Waals surface area contributed by atoms with Gasteiger partial charge in [0.25, 0.3) is 0 Å². The maximum absolute atomic E-state index is 11.8. The number of para-hydroxylation sites is 1. The third-order valence-corrected chi connectivity index (χ3v) is 6.06. The van der Waals surface area contributed by atoms with Crippen LogP contribution in [0.25, 0.3) is 0 Å². The minimum atomic E-state index is -2.91. The van der Waals surface area contributed by atoms with Gasteiger partial charge in [0.05, 0.1) is 5.75 Å². The number of likely N-dealkylation sites (N-methyl/N-ethyl adjacent to an activating group) is 1. The third kappa shape index (κ3) is 3.98. The second-order valence-electron chi connectivity index (χ2n) is 5.78. The highest BCUT2D eigenvalue weighted by atomic mass is 32.2. The van der Waals surface area contributed by atoms with Gasteiger partial charge in [0, 0.05) is 44.2 Å². The van der Waals surface area contributed by atoms with E-state index in [9.17, 15) is 8.42 Å². The van der Waals surface area contributed by atoms with E-state index < -0.39 is 9.84 Å². The van der Waals surface area contributed by atoms with E-state index in [4.69, 9.17) is 0 Å². The Labute approximate surface area is 128 Å². The van der Waals surface area contributed by atoms with E-state index in [-0.39, 0.29) is 11.5 Å². The van der Waals surface area contributed by atoms with Gasteiger partial charge in [-0.15, -0.1) is 0 Å². The molecule has 0 saturated carbocycles. The van der Waals surface area contributed by atoms with Crippen molar-refractivity contribution in [1.82, 2.24) is 4.90 Å². The number of rotatable bonds is 5. The maximum atomic E-state index is 11.8. The molecule has 0 aromatic heterocycles. The molecule has 0 radical (unpaired) electrons. The van der Waals surface area contributed by atoms with Gasteiger partial charge in [-0.3, -0.25) is 4.90 Å². The van der Waals surface area contributed by atoms with Crippen LogP contribution in [0.15, 0.2) is 24.3 Å². The molecule has 0 N–H and O–H groups in total. The lowest BCUT2D eigenvalue weighted by molar-refractivity contribution is 0.202. The van der Waals surface area contributed by atoms with E-state index in [1.165, 1.54) is 11.3 Å². The number of hydrogen-bond donors (Lipinski definition) is 0. The van der Waals surface area contributed by atoms with Crippen LogP contribution in [0.4, 0.5) is 5.69 Å². The molecule has 1 aliphatic heterocycles. The van der Waals surface area contributed by atoms with Crippen molar-refractivity contribution in [3.63, 3.8) is 0 Å². The predicted octanol–water partition coefficient (Wildman–Crippen LogP) is 2.15. The minimum absolute atomic E-state index is 0.230. The smallest absolute Gasteiger partial charge is 0.151 e. The highest BCUT2D eigenvalue weighted by Crippen LogP contribution is 2.26. The van der Waals surface area contributed by atoms with Gasteiger partial charge in [-0.2, -0.15) is 0 Å². The number of benzene rings is 1. The van der Waals surface area contributed by atoms with Crippen LogP contribution in [0.1, 0.15) is 25.8 Å². The molecule has 0 spiro atoms. The third-order valence-electron chi connectivity index (χ3n) is 4.38. The predicted molar refractivity (Wildman–Crippen MR) is 88.5 cm³/mol. The van der Waals surface area contributed by atoms with Crippen LogP contribution >= 0.6 is 0 Å². The Balaban J connectivity index is 2.19. The molecule has 118 valence electrons. The van der Waals surface area contributed by atoms with Gasteiger partial charge in [0.1, 0.15) is 0 Å². The molecule has 2 rings (SSSR count). The molecule has 5 heteroatoms. The summed E-state index contributed by atoms with van der Waals surface area (Å²) in [6.45, 7) is 6.29. The van der Waals surface area contributed by atoms with E-state index >= 15 is 0 Å². The van der Waals surface area contributed by atoms with E-state index in [1.807, 2.05) is 0 Å². The molecule has 1 heterocycles. The summed E-state index contributed by atoms with van der Waals surface area (Å²) in [6, 6.07) is 8.81. The van der Waals surface area contributed by atoms with Crippen LogP contribution in [0.3, 0.4) is 0 Å². The van der Waals surface area contributed by atoms with Crippen molar-refractivity contribution >= 4 is 15.5 Å². The number of sulfone groups is 1. The fourth-order valence-corrected chi connectivity index (χ4v) is 3.75. The molecule has 0 bridgehead atoms. The number of hydrogen-bond acceptors (Lipinski definition) is 4. The van der Waals surface area contributed by atoms with E-state index in [0.29, 0.717) is 12.6 Å². The lowest BCUT2D eigenvalue weighted by atomic mass is 10.1. The zero-order valence-corrected chi connectivity index (χ0v) is 14.1. The Morgan fingerprint density at radius 1 is 1.24 bits per heavy atom. The monoisotopic (exact) mass is 310 g/mol. The molecule has 21 heavy (non-hydrogen) atoms. The Kier molecular flexibility index (Phi) is 5.27. The van der Waals surface area contributed by atoms with E-state index in [2.05, 4.69) is 48.0 Å². The molecule has 0 aliphatic carbocycles. The van der Waals surface area contributed by atoms with Gasteiger partial charge in [0.2, 0.25) is 0 Å². The van der Waals surface area contributed by atoms with Crippen LogP contribution in [-0.4, -0.2) is 51.0 Å². The van der Waals surface area contributed by atoms with Crippen LogP contribution in [0.5, 0.6) is 0 Å². The summed E-state index contributed by atoms with van der Waals surface area (Å²) in [6.07, 6.45) is 1.03. The Hall–Kier alpha value is -1.07. The Morgan fingerprint density at radius 3 is 2.62 bits per heavy atom. The molecule has 4 nitrogen and oxygen atoms in total. The second kappa shape index (κ2) is 6.79. The van der Waals surface area contributed by atoms with E-state index in [1.54, 1.807) is 6.92 Å². The summed E-state index contributed by atoms with van der Waals surface area (Å²) in [5, 5.41) is 0. The topological polar surface area (TPSA) is 40.6 Å². The maximum Gasteiger partial charge on any atom is 0.151 e. The molecule has 1 aliphatic rings. The lowest BCUT2D eigenvalue weighted by Gasteiger charge is -2.30. The minimum Gasteiger partial charge on any atom is -0.373 e. The SMILES string of the molecule is CCC1CN(C)c2ccccc2CN1CCS(=O)(=O)CC. The van der Waals surface area contributed by atoms with Crippen molar-refractivity contribution in [3.05, 3.63) is 29.8 Å². The van der Waals surface area contributed by atoms with Gasteiger partial charge >= 0.3 is 0 Å². The fraction of sp³-hybridized carbons (Fsp3) is 0.625. The number of nitrogens with zero attached hydrogens (tertiary/aromatic N) is 2. The van der Waals surface area contributed by atoms with Gasteiger partial charge < -0.3 is 4.90 Å². The van der Waals surface area contributed by atoms with Crippen LogP contribution < -0.4 is 4.90 Å². The molecule has 0 saturated heterocycles. The van der Waals surface area contributed by atoms with Gasteiger partial charge in [-0.05, 0) is 18.1 Å². The average molecular weight is 310 g/mol. The quantitative estimate of drug-likeness (QED) is 0.835. The van der Waals surface area contributed by atoms with Gasteiger partial charge in [-0.1, -0.05) is 32.0 Å². The van der Waals surface area contributed by atoms with Crippen molar-refractivity contribution in [1.29, 1.82) is 0 Å². The van der Waals surface area contributed by atoms with E-state index in [0.717, 1.165) is 19.5 Å². The number of fused-ring (bicyclic) bond motifs is 1. The molecule has 1 aromatic carbocycles. The summed E-state index contributed by atoms with van der Waals surface area (Å²) >= 11 is 0. The highest BCUT2D eigenvalue weighted by molar-refractivity contribution is 7.91. The summed E-state index contributed by atoms with van der Waals surface area (Å²) in [7, 11) is -0.790. The van der Waals surface area contributed by atoms with Crippen LogP contribution in [0, 0.1) is 0 Å². The highest BCUT2D eigenvalue weighted by Gasteiger charge is 2.25. The molecule has 0 fully saturated rings. The fourth-order valence-electron chi connectivity index (χ4n) is 2.94.